The molecule has 1 aromatic heterocycles. The Morgan fingerprint density at radius 2 is 1.89 bits per heavy atom. The summed E-state index contributed by atoms with van der Waals surface area (Å²) in [6.45, 7) is 12.1. The molecule has 19 heavy (non-hydrogen) atoms. The standard InChI is InChI=1S/C15H26N4/c1-11(2)15-17-12(3)9-14(18-15)16-13(4)10-19-7-5-6-8-19/h9,11,13H,5-8,10H2,1-4H3,(H,16,17,18). The van der Waals surface area contributed by atoms with Crippen molar-refractivity contribution in [1.82, 2.24) is 14.9 Å². The molecule has 0 amide bonds. The summed E-state index contributed by atoms with van der Waals surface area (Å²) in [5, 5.41) is 3.51. The second-order valence-electron chi connectivity index (χ2n) is 5.96. The molecule has 1 saturated heterocycles. The Hall–Kier alpha value is -1.16. The van der Waals surface area contributed by atoms with E-state index in [4.69, 9.17) is 0 Å². The second kappa shape index (κ2) is 6.33. The van der Waals surface area contributed by atoms with Crippen LogP contribution in [0.4, 0.5) is 5.82 Å². The third-order valence-corrected chi connectivity index (χ3v) is 3.51. The van der Waals surface area contributed by atoms with Gasteiger partial charge in [0.1, 0.15) is 11.6 Å². The molecule has 1 atom stereocenters. The number of rotatable bonds is 5. The van der Waals surface area contributed by atoms with Gasteiger partial charge in [-0.25, -0.2) is 9.97 Å². The zero-order valence-electron chi connectivity index (χ0n) is 12.6. The smallest absolute Gasteiger partial charge is 0.133 e. The summed E-state index contributed by atoms with van der Waals surface area (Å²) in [5.74, 6) is 2.26. The number of hydrogen-bond acceptors (Lipinski definition) is 4. The van der Waals surface area contributed by atoms with Crippen LogP contribution in [0.15, 0.2) is 6.07 Å². The van der Waals surface area contributed by atoms with Crippen LogP contribution in [0.25, 0.3) is 0 Å². The summed E-state index contributed by atoms with van der Waals surface area (Å²) < 4.78 is 0. The van der Waals surface area contributed by atoms with Gasteiger partial charge in [-0.3, -0.25) is 0 Å². The van der Waals surface area contributed by atoms with Crippen LogP contribution in [0.3, 0.4) is 0 Å². The fraction of sp³-hybridized carbons (Fsp3) is 0.733. The molecule has 0 saturated carbocycles. The molecule has 1 aromatic rings. The molecule has 4 nitrogen and oxygen atoms in total. The van der Waals surface area contributed by atoms with E-state index >= 15 is 0 Å². The highest BCUT2D eigenvalue weighted by molar-refractivity contribution is 5.37. The molecular formula is C15H26N4. The molecule has 0 radical (unpaired) electrons. The molecule has 0 spiro atoms. The maximum Gasteiger partial charge on any atom is 0.133 e. The van der Waals surface area contributed by atoms with Crippen LogP contribution in [0.2, 0.25) is 0 Å². The third-order valence-electron chi connectivity index (χ3n) is 3.51. The van der Waals surface area contributed by atoms with Crippen LogP contribution in [0.5, 0.6) is 0 Å². The Morgan fingerprint density at radius 1 is 1.21 bits per heavy atom. The Kier molecular flexibility index (Phi) is 4.75. The minimum atomic E-state index is 0.370. The van der Waals surface area contributed by atoms with E-state index < -0.39 is 0 Å². The minimum absolute atomic E-state index is 0.370. The minimum Gasteiger partial charge on any atom is -0.366 e. The van der Waals surface area contributed by atoms with E-state index in [2.05, 4.69) is 41.0 Å². The van der Waals surface area contributed by atoms with Gasteiger partial charge < -0.3 is 10.2 Å². The molecule has 1 aliphatic heterocycles. The van der Waals surface area contributed by atoms with Crippen LogP contribution in [-0.2, 0) is 0 Å². The number of nitrogens with one attached hydrogen (secondary N) is 1. The number of hydrogen-bond donors (Lipinski definition) is 1. The SMILES string of the molecule is Cc1cc(NC(C)CN2CCCC2)nc(C(C)C)n1. The first-order chi connectivity index (χ1) is 9.04. The zero-order valence-corrected chi connectivity index (χ0v) is 12.6. The highest BCUT2D eigenvalue weighted by Crippen LogP contribution is 2.15. The van der Waals surface area contributed by atoms with Gasteiger partial charge in [0.05, 0.1) is 0 Å². The fourth-order valence-electron chi connectivity index (χ4n) is 2.57. The summed E-state index contributed by atoms with van der Waals surface area (Å²) in [7, 11) is 0. The molecule has 1 aliphatic rings. The van der Waals surface area contributed by atoms with Crippen LogP contribution >= 0.6 is 0 Å². The van der Waals surface area contributed by atoms with E-state index in [9.17, 15) is 0 Å². The molecule has 1 N–H and O–H groups in total. The molecule has 4 heteroatoms. The van der Waals surface area contributed by atoms with E-state index in [0.717, 1.165) is 23.9 Å². The quantitative estimate of drug-likeness (QED) is 0.886. The lowest BCUT2D eigenvalue weighted by molar-refractivity contribution is 0.327. The van der Waals surface area contributed by atoms with E-state index in [-0.39, 0.29) is 0 Å². The van der Waals surface area contributed by atoms with Crippen LogP contribution in [0, 0.1) is 6.92 Å². The molecule has 0 bridgehead atoms. The molecule has 0 aliphatic carbocycles. The van der Waals surface area contributed by atoms with Crippen LogP contribution < -0.4 is 5.32 Å². The van der Waals surface area contributed by atoms with Gasteiger partial charge in [0.25, 0.3) is 0 Å². The van der Waals surface area contributed by atoms with Crippen molar-refractivity contribution in [2.24, 2.45) is 0 Å². The van der Waals surface area contributed by atoms with E-state index in [0.29, 0.717) is 12.0 Å². The predicted octanol–water partition coefficient (Wildman–Crippen LogP) is 2.80. The molecular weight excluding hydrogens is 236 g/mol. The topological polar surface area (TPSA) is 41.0 Å². The monoisotopic (exact) mass is 262 g/mol. The number of aryl methyl sites for hydroxylation is 1. The summed E-state index contributed by atoms with van der Waals surface area (Å²) in [6, 6.07) is 2.46. The summed E-state index contributed by atoms with van der Waals surface area (Å²) in [5.41, 5.74) is 1.04. The Morgan fingerprint density at radius 3 is 2.53 bits per heavy atom. The molecule has 0 aromatic carbocycles. The molecule has 106 valence electrons. The number of likely N-dealkylation sites (tertiary alicyclic amines) is 1. The Labute approximate surface area is 116 Å². The van der Waals surface area contributed by atoms with Gasteiger partial charge >= 0.3 is 0 Å². The number of nitrogens with zero attached hydrogens (tertiary/aromatic N) is 3. The number of anilines is 1. The normalized spacial score (nSPS) is 17.9. The van der Waals surface area contributed by atoms with Gasteiger partial charge in [-0.1, -0.05) is 13.8 Å². The first-order valence-corrected chi connectivity index (χ1v) is 7.39. The van der Waals surface area contributed by atoms with Crippen LogP contribution in [0.1, 0.15) is 51.0 Å². The molecule has 2 rings (SSSR count). The first-order valence-electron chi connectivity index (χ1n) is 7.39. The number of aromatic nitrogens is 2. The average Bonchev–Trinajstić information content (AvgIpc) is 2.80. The van der Waals surface area contributed by atoms with Crippen molar-refractivity contribution in [3.05, 3.63) is 17.6 Å². The summed E-state index contributed by atoms with van der Waals surface area (Å²) in [6.07, 6.45) is 2.69. The van der Waals surface area contributed by atoms with Crippen LogP contribution in [-0.4, -0.2) is 40.5 Å². The Balaban J connectivity index is 1.97. The van der Waals surface area contributed by atoms with Crippen molar-refractivity contribution in [3.63, 3.8) is 0 Å². The largest absolute Gasteiger partial charge is 0.366 e. The van der Waals surface area contributed by atoms with Crippen molar-refractivity contribution < 1.29 is 0 Å². The van der Waals surface area contributed by atoms with Gasteiger partial charge in [-0.15, -0.1) is 0 Å². The zero-order chi connectivity index (χ0) is 13.8. The molecule has 2 heterocycles. The van der Waals surface area contributed by atoms with E-state index in [1.807, 2.05) is 13.0 Å². The molecule has 1 unspecified atom stereocenters. The highest BCUT2D eigenvalue weighted by atomic mass is 15.2. The van der Waals surface area contributed by atoms with Gasteiger partial charge in [0, 0.05) is 30.3 Å². The van der Waals surface area contributed by atoms with Crippen molar-refractivity contribution in [2.45, 2.75) is 52.5 Å². The van der Waals surface area contributed by atoms with Crippen molar-refractivity contribution >= 4 is 5.82 Å². The van der Waals surface area contributed by atoms with Crippen molar-refractivity contribution in [1.29, 1.82) is 0 Å². The molecule has 1 fully saturated rings. The van der Waals surface area contributed by atoms with Gasteiger partial charge in [-0.05, 0) is 39.8 Å². The van der Waals surface area contributed by atoms with E-state index in [1.54, 1.807) is 0 Å². The third kappa shape index (κ3) is 4.16. The maximum atomic E-state index is 4.61. The van der Waals surface area contributed by atoms with E-state index in [1.165, 1.54) is 25.9 Å². The lowest BCUT2D eigenvalue weighted by Crippen LogP contribution is -2.33. The second-order valence-corrected chi connectivity index (χ2v) is 5.96. The highest BCUT2D eigenvalue weighted by Gasteiger charge is 2.15. The maximum absolute atomic E-state index is 4.61. The average molecular weight is 262 g/mol. The predicted molar refractivity (Wildman–Crippen MR) is 79.6 cm³/mol. The van der Waals surface area contributed by atoms with Gasteiger partial charge in [-0.2, -0.15) is 0 Å². The Bertz CT molecular complexity index is 411. The fourth-order valence-corrected chi connectivity index (χ4v) is 2.57. The summed E-state index contributed by atoms with van der Waals surface area (Å²) in [4.78, 5) is 11.6. The summed E-state index contributed by atoms with van der Waals surface area (Å²) >= 11 is 0. The first kappa shape index (κ1) is 14.3. The van der Waals surface area contributed by atoms with Gasteiger partial charge in [0.2, 0.25) is 0 Å². The lowest BCUT2D eigenvalue weighted by atomic mass is 10.2. The lowest BCUT2D eigenvalue weighted by Gasteiger charge is -2.22. The van der Waals surface area contributed by atoms with Gasteiger partial charge in [0.15, 0.2) is 0 Å². The van der Waals surface area contributed by atoms with Crippen molar-refractivity contribution in [2.75, 3.05) is 25.0 Å². The van der Waals surface area contributed by atoms with Crippen molar-refractivity contribution in [3.8, 4) is 0 Å².